The Bertz CT molecular complexity index is 972. The molecule has 0 unspecified atom stereocenters. The molecule has 0 atom stereocenters. The summed E-state index contributed by atoms with van der Waals surface area (Å²) >= 11 is 6.36. The Morgan fingerprint density at radius 1 is 1.21 bits per heavy atom. The van der Waals surface area contributed by atoms with Gasteiger partial charge in [-0.2, -0.15) is 5.26 Å². The van der Waals surface area contributed by atoms with Gasteiger partial charge in [-0.1, -0.05) is 30.2 Å². The second-order valence-electron chi connectivity index (χ2n) is 6.70. The van der Waals surface area contributed by atoms with Gasteiger partial charge in [0.05, 0.1) is 25.3 Å². The number of aliphatic hydroxyl groups excluding tert-OH is 1. The van der Waals surface area contributed by atoms with E-state index >= 15 is 0 Å². The minimum atomic E-state index is 0.319. The summed E-state index contributed by atoms with van der Waals surface area (Å²) in [5.74, 6) is 0.402. The largest absolute Gasteiger partial charge is 0.478 e. The molecule has 0 spiro atoms. The van der Waals surface area contributed by atoms with Crippen LogP contribution in [0.5, 0.6) is 5.88 Å². The van der Waals surface area contributed by atoms with E-state index in [1.807, 2.05) is 0 Å². The van der Waals surface area contributed by atoms with Crippen molar-refractivity contribution in [3.8, 4) is 23.2 Å². The molecule has 4 rings (SSSR count). The van der Waals surface area contributed by atoms with Crippen LogP contribution in [-0.2, 0) is 0 Å². The van der Waals surface area contributed by atoms with Crippen molar-refractivity contribution in [1.29, 1.82) is 5.26 Å². The van der Waals surface area contributed by atoms with E-state index in [4.69, 9.17) is 26.7 Å². The van der Waals surface area contributed by atoms with Crippen LogP contribution in [0, 0.1) is 11.3 Å². The van der Waals surface area contributed by atoms with Crippen molar-refractivity contribution < 1.29 is 9.84 Å². The summed E-state index contributed by atoms with van der Waals surface area (Å²) in [7, 11) is 1.54. The Kier molecular flexibility index (Phi) is 7.42. The number of hydrogen-bond donors (Lipinski definition) is 1. The maximum absolute atomic E-state index is 8.83. The number of fused-ring (bicyclic) bond motifs is 1. The zero-order chi connectivity index (χ0) is 20.6. The quantitative estimate of drug-likeness (QED) is 0.705. The van der Waals surface area contributed by atoms with Crippen LogP contribution in [0.1, 0.15) is 24.8 Å². The Labute approximate surface area is 175 Å². The van der Waals surface area contributed by atoms with Gasteiger partial charge in [-0.25, -0.2) is 9.97 Å². The molecule has 1 aliphatic rings. The van der Waals surface area contributed by atoms with Crippen molar-refractivity contribution in [3.63, 3.8) is 0 Å². The molecule has 152 valence electrons. The number of hydrogen-bond acceptors (Lipinski definition) is 6. The summed E-state index contributed by atoms with van der Waals surface area (Å²) in [5, 5.41) is 17.8. The lowest BCUT2D eigenvalue weighted by molar-refractivity contribution is 0.173. The van der Waals surface area contributed by atoms with Gasteiger partial charge >= 0.3 is 0 Å². The van der Waals surface area contributed by atoms with E-state index in [0.717, 1.165) is 12.1 Å². The molecule has 0 aliphatic carbocycles. The first-order valence-corrected chi connectivity index (χ1v) is 9.96. The summed E-state index contributed by atoms with van der Waals surface area (Å²) in [6, 6.07) is 9.12. The maximum Gasteiger partial charge on any atom is 0.258 e. The second-order valence-corrected chi connectivity index (χ2v) is 7.05. The highest BCUT2D eigenvalue weighted by Gasteiger charge is 2.15. The van der Waals surface area contributed by atoms with Crippen LogP contribution < -0.4 is 4.74 Å². The van der Waals surface area contributed by atoms with Gasteiger partial charge in [0.1, 0.15) is 10.8 Å². The third kappa shape index (κ3) is 5.04. The number of nitriles is 1. The van der Waals surface area contributed by atoms with E-state index in [2.05, 4.69) is 20.9 Å². The molecule has 1 fully saturated rings. The number of halogens is 1. The van der Waals surface area contributed by atoms with E-state index in [9.17, 15) is 0 Å². The van der Waals surface area contributed by atoms with Gasteiger partial charge in [-0.3, -0.25) is 4.40 Å². The van der Waals surface area contributed by atoms with E-state index < -0.39 is 0 Å². The van der Waals surface area contributed by atoms with E-state index in [1.165, 1.54) is 39.5 Å². The lowest BCUT2D eigenvalue weighted by Gasteiger charge is -2.25. The molecule has 1 saturated heterocycles. The third-order valence-corrected chi connectivity index (χ3v) is 5.16. The number of likely N-dealkylation sites (tertiary alicyclic amines) is 1. The molecule has 1 aliphatic heterocycles. The predicted octanol–water partition coefficient (Wildman–Crippen LogP) is 3.39. The first kappa shape index (κ1) is 21.1. The summed E-state index contributed by atoms with van der Waals surface area (Å²) in [6.45, 7) is 3.58. The molecule has 3 heterocycles. The molecule has 0 saturated carbocycles. The van der Waals surface area contributed by atoms with Crippen LogP contribution in [0.2, 0.25) is 5.15 Å². The fraction of sp³-hybridized carbons (Fsp3) is 0.381. The number of aliphatic hydroxyl groups is 1. The van der Waals surface area contributed by atoms with Crippen molar-refractivity contribution in [3.05, 3.63) is 47.4 Å². The predicted molar refractivity (Wildman–Crippen MR) is 112 cm³/mol. The van der Waals surface area contributed by atoms with Gasteiger partial charge < -0.3 is 14.7 Å². The number of methoxy groups -OCH3 is 1. The van der Waals surface area contributed by atoms with Crippen LogP contribution in [0.4, 0.5) is 0 Å². The molecule has 1 aromatic carbocycles. The zero-order valence-electron chi connectivity index (χ0n) is 16.4. The second kappa shape index (κ2) is 10.2. The normalized spacial score (nSPS) is 14.1. The van der Waals surface area contributed by atoms with Gasteiger partial charge in [-0.05, 0) is 38.1 Å². The number of β-amino-alcohol motifs (C(OH)–C–C–N with tert-alkyl or cyclic N) is 1. The first-order chi connectivity index (χ1) is 14.2. The average molecular weight is 414 g/mol. The average Bonchev–Trinajstić information content (AvgIpc) is 3.26. The Balaban J connectivity index is 0.000000224. The fourth-order valence-electron chi connectivity index (χ4n) is 3.28. The summed E-state index contributed by atoms with van der Waals surface area (Å²) in [4.78, 5) is 10.9. The first-order valence-electron chi connectivity index (χ1n) is 9.58. The number of ether oxygens (including phenoxy) is 1. The van der Waals surface area contributed by atoms with Crippen LogP contribution >= 0.6 is 11.6 Å². The number of piperidine rings is 1. The smallest absolute Gasteiger partial charge is 0.258 e. The number of aromatic nitrogens is 3. The monoisotopic (exact) mass is 413 g/mol. The van der Waals surface area contributed by atoms with Crippen LogP contribution in [-0.4, -0.2) is 57.7 Å². The Hall–Kier alpha value is -2.66. The highest BCUT2D eigenvalue weighted by molar-refractivity contribution is 6.32. The molecule has 7 nitrogen and oxygen atoms in total. The molecule has 2 aromatic heterocycles. The van der Waals surface area contributed by atoms with Crippen LogP contribution in [0.3, 0.4) is 0 Å². The number of benzene rings is 1. The lowest BCUT2D eigenvalue weighted by Crippen LogP contribution is -2.31. The van der Waals surface area contributed by atoms with Crippen molar-refractivity contribution in [1.82, 2.24) is 19.3 Å². The summed E-state index contributed by atoms with van der Waals surface area (Å²) in [5.41, 5.74) is 2.54. The molecule has 0 amide bonds. The van der Waals surface area contributed by atoms with Gasteiger partial charge in [0.25, 0.3) is 5.88 Å². The maximum atomic E-state index is 8.83. The molecular weight excluding hydrogens is 390 g/mol. The standard InChI is InChI=1S/C14H9ClN4O.C7H15NO/c1-20-14-13-17-6-7-19(13)12(15)11(18-14)10-4-2-9(8-16)3-5-10;9-7-6-8-4-2-1-3-5-8/h2-7H,1H3;9H,1-7H2. The van der Waals surface area contributed by atoms with E-state index in [1.54, 1.807) is 41.1 Å². The van der Waals surface area contributed by atoms with Crippen molar-refractivity contribution >= 4 is 17.2 Å². The molecule has 1 N–H and O–H groups in total. The lowest BCUT2D eigenvalue weighted by atomic mass is 10.1. The zero-order valence-corrected chi connectivity index (χ0v) is 17.1. The molecule has 0 bridgehead atoms. The number of rotatable bonds is 4. The van der Waals surface area contributed by atoms with Gasteiger partial charge in [0, 0.05) is 24.5 Å². The number of imidazole rings is 1. The Morgan fingerprint density at radius 2 is 1.93 bits per heavy atom. The molecular formula is C21H24ClN5O2. The molecule has 0 radical (unpaired) electrons. The number of nitrogens with zero attached hydrogens (tertiary/aromatic N) is 5. The topological polar surface area (TPSA) is 86.7 Å². The molecule has 8 heteroatoms. The summed E-state index contributed by atoms with van der Waals surface area (Å²) < 4.78 is 6.95. The van der Waals surface area contributed by atoms with Crippen LogP contribution in [0.25, 0.3) is 16.9 Å². The van der Waals surface area contributed by atoms with Gasteiger partial charge in [0.2, 0.25) is 5.65 Å². The highest BCUT2D eigenvalue weighted by atomic mass is 35.5. The van der Waals surface area contributed by atoms with Crippen LogP contribution in [0.15, 0.2) is 36.7 Å². The Morgan fingerprint density at radius 3 is 2.55 bits per heavy atom. The fourth-order valence-corrected chi connectivity index (χ4v) is 3.57. The van der Waals surface area contributed by atoms with Gasteiger partial charge in [-0.15, -0.1) is 0 Å². The van der Waals surface area contributed by atoms with E-state index in [-0.39, 0.29) is 0 Å². The highest BCUT2D eigenvalue weighted by Crippen LogP contribution is 2.30. The minimum Gasteiger partial charge on any atom is -0.478 e. The molecule has 3 aromatic rings. The summed E-state index contributed by atoms with van der Waals surface area (Å²) in [6.07, 6.45) is 7.39. The third-order valence-electron chi connectivity index (χ3n) is 4.80. The van der Waals surface area contributed by atoms with Crippen molar-refractivity contribution in [2.45, 2.75) is 19.3 Å². The van der Waals surface area contributed by atoms with Crippen molar-refractivity contribution in [2.24, 2.45) is 0 Å². The van der Waals surface area contributed by atoms with E-state index in [0.29, 0.717) is 34.5 Å². The molecule has 29 heavy (non-hydrogen) atoms. The van der Waals surface area contributed by atoms with Crippen molar-refractivity contribution in [2.75, 3.05) is 33.4 Å². The SMILES string of the molecule is COc1nc(-c2ccc(C#N)cc2)c(Cl)n2ccnc12.OCCN1CCCCC1. The van der Waals surface area contributed by atoms with Gasteiger partial charge in [0.15, 0.2) is 0 Å². The minimum absolute atomic E-state index is 0.319.